The second-order valence-corrected chi connectivity index (χ2v) is 7.18. The Hall–Kier alpha value is -1.58. The number of halogens is 1. The van der Waals surface area contributed by atoms with Crippen molar-refractivity contribution >= 4 is 40.3 Å². The number of thiocarbonyl (C=S) groups is 1. The Morgan fingerprint density at radius 3 is 2.32 bits per heavy atom. The monoisotopic (exact) mass is 332 g/mol. The van der Waals surface area contributed by atoms with Gasteiger partial charge in [0.05, 0.1) is 0 Å². The molecule has 0 aromatic heterocycles. The fourth-order valence-electron chi connectivity index (χ4n) is 2.25. The first kappa shape index (κ1) is 16.8. The topological polar surface area (TPSA) is 24.1 Å². The van der Waals surface area contributed by atoms with Crippen molar-refractivity contribution in [3.63, 3.8) is 0 Å². The predicted octanol–water partition coefficient (Wildman–Crippen LogP) is 5.75. The quantitative estimate of drug-likeness (QED) is 0.684. The minimum absolute atomic E-state index is 0.0468. The first-order valence-electron chi connectivity index (χ1n) is 7.21. The summed E-state index contributed by atoms with van der Waals surface area (Å²) < 4.78 is 0. The fraction of sp³-hybridized carbons (Fsp3) is 0.278. The number of para-hydroxylation sites is 1. The summed E-state index contributed by atoms with van der Waals surface area (Å²) in [5.41, 5.74) is 4.30. The van der Waals surface area contributed by atoms with Crippen molar-refractivity contribution in [3.8, 4) is 0 Å². The minimum Gasteiger partial charge on any atom is -0.332 e. The lowest BCUT2D eigenvalue weighted by Gasteiger charge is -2.24. The zero-order valence-electron chi connectivity index (χ0n) is 13.3. The summed E-state index contributed by atoms with van der Waals surface area (Å²) >= 11 is 11.5. The highest BCUT2D eigenvalue weighted by atomic mass is 35.5. The number of hydrogen-bond donors (Lipinski definition) is 2. The molecule has 0 bridgehead atoms. The first-order chi connectivity index (χ1) is 10.3. The molecular formula is C18H21ClN2S. The highest BCUT2D eigenvalue weighted by Crippen LogP contribution is 2.29. The molecule has 0 amide bonds. The third-order valence-electron chi connectivity index (χ3n) is 3.43. The lowest BCUT2D eigenvalue weighted by molar-refractivity contribution is 0.592. The van der Waals surface area contributed by atoms with Crippen LogP contribution < -0.4 is 10.6 Å². The van der Waals surface area contributed by atoms with Gasteiger partial charge >= 0.3 is 0 Å². The van der Waals surface area contributed by atoms with E-state index in [2.05, 4.69) is 37.5 Å². The van der Waals surface area contributed by atoms with Gasteiger partial charge in [-0.1, -0.05) is 56.6 Å². The van der Waals surface area contributed by atoms with Gasteiger partial charge in [-0.3, -0.25) is 0 Å². The van der Waals surface area contributed by atoms with Gasteiger partial charge in [0, 0.05) is 16.4 Å². The van der Waals surface area contributed by atoms with Crippen molar-refractivity contribution in [2.45, 2.75) is 33.1 Å². The van der Waals surface area contributed by atoms with Crippen molar-refractivity contribution in [2.75, 3.05) is 10.6 Å². The summed E-state index contributed by atoms with van der Waals surface area (Å²) in [6.45, 7) is 8.58. The summed E-state index contributed by atoms with van der Waals surface area (Å²) in [7, 11) is 0. The molecule has 2 aromatic carbocycles. The van der Waals surface area contributed by atoms with Crippen LogP contribution in [0.3, 0.4) is 0 Å². The summed E-state index contributed by atoms with van der Waals surface area (Å²) in [4.78, 5) is 0. The van der Waals surface area contributed by atoms with Crippen LogP contribution in [0.4, 0.5) is 11.4 Å². The number of nitrogens with one attached hydrogen (secondary N) is 2. The molecule has 22 heavy (non-hydrogen) atoms. The molecule has 2 N–H and O–H groups in total. The molecule has 0 atom stereocenters. The van der Waals surface area contributed by atoms with Gasteiger partial charge in [-0.05, 0) is 53.9 Å². The van der Waals surface area contributed by atoms with Crippen LogP contribution in [0.5, 0.6) is 0 Å². The molecule has 0 aliphatic heterocycles. The Bertz CT molecular complexity index is 690. The van der Waals surface area contributed by atoms with Gasteiger partial charge in [-0.2, -0.15) is 0 Å². The second kappa shape index (κ2) is 6.67. The van der Waals surface area contributed by atoms with Crippen LogP contribution in [-0.4, -0.2) is 5.11 Å². The maximum atomic E-state index is 6.04. The van der Waals surface area contributed by atoms with Crippen molar-refractivity contribution in [2.24, 2.45) is 0 Å². The molecule has 0 fully saturated rings. The molecule has 0 unspecified atom stereocenters. The Kier molecular flexibility index (Phi) is 5.09. The molecule has 0 saturated heterocycles. The molecular weight excluding hydrogens is 312 g/mol. The molecule has 116 valence electrons. The summed E-state index contributed by atoms with van der Waals surface area (Å²) in [5.74, 6) is 0. The number of hydrogen-bond acceptors (Lipinski definition) is 1. The van der Waals surface area contributed by atoms with Crippen LogP contribution >= 0.6 is 23.8 Å². The summed E-state index contributed by atoms with van der Waals surface area (Å²) in [6, 6.07) is 13.9. The molecule has 0 saturated carbocycles. The number of rotatable bonds is 2. The largest absolute Gasteiger partial charge is 0.332 e. The van der Waals surface area contributed by atoms with E-state index in [1.54, 1.807) is 0 Å². The molecule has 2 rings (SSSR count). The van der Waals surface area contributed by atoms with E-state index in [9.17, 15) is 0 Å². The lowest BCUT2D eigenvalue weighted by atomic mass is 9.86. The van der Waals surface area contributed by atoms with E-state index in [0.717, 1.165) is 16.9 Å². The van der Waals surface area contributed by atoms with Crippen LogP contribution in [0.2, 0.25) is 5.02 Å². The normalized spacial score (nSPS) is 11.1. The third kappa shape index (κ3) is 4.21. The van der Waals surface area contributed by atoms with E-state index >= 15 is 0 Å². The van der Waals surface area contributed by atoms with Crippen LogP contribution in [0, 0.1) is 6.92 Å². The predicted molar refractivity (Wildman–Crippen MR) is 101 cm³/mol. The first-order valence-corrected chi connectivity index (χ1v) is 7.99. The van der Waals surface area contributed by atoms with E-state index < -0.39 is 0 Å². The molecule has 0 heterocycles. The smallest absolute Gasteiger partial charge is 0.175 e. The second-order valence-electron chi connectivity index (χ2n) is 6.33. The minimum atomic E-state index is 0.0468. The Morgan fingerprint density at radius 2 is 1.64 bits per heavy atom. The van der Waals surface area contributed by atoms with E-state index in [1.807, 2.05) is 43.3 Å². The average Bonchev–Trinajstić information content (AvgIpc) is 2.42. The van der Waals surface area contributed by atoms with Gasteiger partial charge in [0.15, 0.2) is 5.11 Å². The van der Waals surface area contributed by atoms with Crippen LogP contribution in [0.25, 0.3) is 0 Å². The van der Waals surface area contributed by atoms with E-state index in [-0.39, 0.29) is 5.41 Å². The molecule has 0 spiro atoms. The Balaban J connectivity index is 2.18. The van der Waals surface area contributed by atoms with E-state index in [0.29, 0.717) is 10.1 Å². The number of anilines is 2. The molecule has 4 heteroatoms. The van der Waals surface area contributed by atoms with Crippen molar-refractivity contribution < 1.29 is 0 Å². The van der Waals surface area contributed by atoms with Gasteiger partial charge in [0.1, 0.15) is 0 Å². The van der Waals surface area contributed by atoms with Crippen molar-refractivity contribution in [3.05, 3.63) is 58.6 Å². The zero-order valence-corrected chi connectivity index (χ0v) is 14.9. The zero-order chi connectivity index (χ0) is 16.3. The number of benzene rings is 2. The van der Waals surface area contributed by atoms with Crippen LogP contribution in [0.15, 0.2) is 42.5 Å². The van der Waals surface area contributed by atoms with Gasteiger partial charge in [0.25, 0.3) is 0 Å². The Morgan fingerprint density at radius 1 is 1.00 bits per heavy atom. The molecule has 0 radical (unpaired) electrons. The van der Waals surface area contributed by atoms with Gasteiger partial charge < -0.3 is 10.6 Å². The standard InChI is InChI=1S/C18H21ClN2S/c1-12-9-10-13(19)11-16(12)21-17(22)20-15-8-6-5-7-14(15)18(2,3)4/h5-11H,1-4H3,(H2,20,21,22). The van der Waals surface area contributed by atoms with Crippen molar-refractivity contribution in [1.29, 1.82) is 0 Å². The molecule has 2 nitrogen and oxygen atoms in total. The average molecular weight is 333 g/mol. The summed E-state index contributed by atoms with van der Waals surface area (Å²) in [6.07, 6.45) is 0. The van der Waals surface area contributed by atoms with E-state index in [1.165, 1.54) is 5.56 Å². The van der Waals surface area contributed by atoms with Crippen LogP contribution in [0.1, 0.15) is 31.9 Å². The van der Waals surface area contributed by atoms with Crippen LogP contribution in [-0.2, 0) is 5.41 Å². The fourth-order valence-corrected chi connectivity index (χ4v) is 2.64. The van der Waals surface area contributed by atoms with Crippen molar-refractivity contribution in [1.82, 2.24) is 0 Å². The highest BCUT2D eigenvalue weighted by molar-refractivity contribution is 7.80. The van der Waals surface area contributed by atoms with Gasteiger partial charge in [0.2, 0.25) is 0 Å². The third-order valence-corrected chi connectivity index (χ3v) is 3.87. The van der Waals surface area contributed by atoms with Gasteiger partial charge in [-0.15, -0.1) is 0 Å². The lowest BCUT2D eigenvalue weighted by Crippen LogP contribution is -2.22. The van der Waals surface area contributed by atoms with E-state index in [4.69, 9.17) is 23.8 Å². The SMILES string of the molecule is Cc1ccc(Cl)cc1NC(=S)Nc1ccccc1C(C)(C)C. The summed E-state index contributed by atoms with van der Waals surface area (Å²) in [5, 5.41) is 7.75. The highest BCUT2D eigenvalue weighted by Gasteiger charge is 2.17. The molecule has 2 aromatic rings. The van der Waals surface area contributed by atoms with Gasteiger partial charge in [-0.25, -0.2) is 0 Å². The molecule has 0 aliphatic carbocycles. The Labute approximate surface area is 142 Å². The maximum Gasteiger partial charge on any atom is 0.175 e. The molecule has 0 aliphatic rings. The number of aryl methyl sites for hydroxylation is 1. The maximum absolute atomic E-state index is 6.04.